The van der Waals surface area contributed by atoms with Gasteiger partial charge in [0.1, 0.15) is 5.60 Å². The molecule has 0 amide bonds. The summed E-state index contributed by atoms with van der Waals surface area (Å²) in [7, 11) is 1.69. The van der Waals surface area contributed by atoms with E-state index in [4.69, 9.17) is 4.74 Å². The van der Waals surface area contributed by atoms with Crippen LogP contribution in [-0.4, -0.2) is 18.3 Å². The topological polar surface area (TPSA) is 29.5 Å². The van der Waals surface area contributed by atoms with Crippen LogP contribution in [0.15, 0.2) is 17.5 Å². The molecule has 1 aliphatic carbocycles. The fourth-order valence-electron chi connectivity index (χ4n) is 2.24. The van der Waals surface area contributed by atoms with Gasteiger partial charge in [-0.15, -0.1) is 11.3 Å². The van der Waals surface area contributed by atoms with E-state index in [1.165, 1.54) is 0 Å². The summed E-state index contributed by atoms with van der Waals surface area (Å²) < 4.78 is 5.39. The summed E-state index contributed by atoms with van der Waals surface area (Å²) in [5, 5.41) is 12.6. The highest BCUT2D eigenvalue weighted by Crippen LogP contribution is 2.40. The zero-order valence-corrected chi connectivity index (χ0v) is 9.22. The van der Waals surface area contributed by atoms with Gasteiger partial charge in [-0.05, 0) is 24.3 Å². The van der Waals surface area contributed by atoms with Crippen LogP contribution < -0.4 is 0 Å². The molecule has 3 heteroatoms. The van der Waals surface area contributed by atoms with Gasteiger partial charge in [-0.25, -0.2) is 0 Å². The lowest BCUT2D eigenvalue weighted by atomic mass is 9.81. The summed E-state index contributed by atoms with van der Waals surface area (Å²) in [6.07, 6.45) is 4.01. The Labute approximate surface area is 88.5 Å². The maximum atomic E-state index is 10.6. The molecule has 0 aliphatic heterocycles. The Balaban J connectivity index is 2.27. The van der Waals surface area contributed by atoms with E-state index in [0.717, 1.165) is 30.6 Å². The Morgan fingerprint density at radius 2 is 2.43 bits per heavy atom. The van der Waals surface area contributed by atoms with Gasteiger partial charge in [0.05, 0.1) is 6.10 Å². The van der Waals surface area contributed by atoms with Crippen molar-refractivity contribution in [3.63, 3.8) is 0 Å². The van der Waals surface area contributed by atoms with Crippen LogP contribution >= 0.6 is 11.3 Å². The molecule has 2 atom stereocenters. The fourth-order valence-corrected chi connectivity index (χ4v) is 3.14. The zero-order chi connectivity index (χ0) is 10.0. The molecule has 0 bridgehead atoms. The van der Waals surface area contributed by atoms with Crippen molar-refractivity contribution in [3.05, 3.63) is 22.4 Å². The van der Waals surface area contributed by atoms with Gasteiger partial charge in [0, 0.05) is 12.0 Å². The summed E-state index contributed by atoms with van der Waals surface area (Å²) in [5.74, 6) is 0. The van der Waals surface area contributed by atoms with Crippen molar-refractivity contribution in [1.82, 2.24) is 0 Å². The number of ether oxygens (including phenoxy) is 1. The Hall–Kier alpha value is -0.380. The second kappa shape index (κ2) is 4.01. The largest absolute Gasteiger partial charge is 0.382 e. The summed E-state index contributed by atoms with van der Waals surface area (Å²) >= 11 is 1.62. The van der Waals surface area contributed by atoms with E-state index in [1.807, 2.05) is 17.5 Å². The van der Waals surface area contributed by atoms with Crippen molar-refractivity contribution in [2.75, 3.05) is 7.11 Å². The first-order valence-electron chi connectivity index (χ1n) is 5.06. The first-order valence-corrected chi connectivity index (χ1v) is 5.94. The molecule has 2 unspecified atom stereocenters. The van der Waals surface area contributed by atoms with Crippen molar-refractivity contribution in [2.45, 2.75) is 37.4 Å². The molecular weight excluding hydrogens is 196 g/mol. The van der Waals surface area contributed by atoms with Crippen molar-refractivity contribution in [2.24, 2.45) is 0 Å². The monoisotopic (exact) mass is 212 g/mol. The molecule has 0 radical (unpaired) electrons. The van der Waals surface area contributed by atoms with Gasteiger partial charge in [0.25, 0.3) is 0 Å². The third kappa shape index (κ3) is 1.60. The van der Waals surface area contributed by atoms with Crippen LogP contribution in [0.5, 0.6) is 0 Å². The Morgan fingerprint density at radius 1 is 1.57 bits per heavy atom. The lowest BCUT2D eigenvalue weighted by Crippen LogP contribution is -2.42. The number of methoxy groups -OCH3 is 1. The Morgan fingerprint density at radius 3 is 3.07 bits per heavy atom. The van der Waals surface area contributed by atoms with E-state index in [-0.39, 0.29) is 6.10 Å². The minimum absolute atomic E-state index is 0.0325. The summed E-state index contributed by atoms with van der Waals surface area (Å²) in [4.78, 5) is 1.05. The number of hydrogen-bond donors (Lipinski definition) is 1. The van der Waals surface area contributed by atoms with Crippen LogP contribution in [0.2, 0.25) is 0 Å². The first kappa shape index (κ1) is 10.1. The maximum Gasteiger partial charge on any atom is 0.125 e. The van der Waals surface area contributed by atoms with Gasteiger partial charge < -0.3 is 9.84 Å². The van der Waals surface area contributed by atoms with Crippen LogP contribution in [0.4, 0.5) is 0 Å². The molecule has 2 rings (SSSR count). The van der Waals surface area contributed by atoms with Gasteiger partial charge in [-0.3, -0.25) is 0 Å². The first-order chi connectivity index (χ1) is 6.77. The normalized spacial score (nSPS) is 33.1. The molecule has 1 N–H and O–H groups in total. The van der Waals surface area contributed by atoms with E-state index in [1.54, 1.807) is 18.4 Å². The average Bonchev–Trinajstić information content (AvgIpc) is 2.72. The predicted octanol–water partition coefficient (Wildman–Crippen LogP) is 2.52. The maximum absolute atomic E-state index is 10.6. The molecular formula is C11H16O2S. The van der Waals surface area contributed by atoms with Crippen LogP contribution in [-0.2, 0) is 10.3 Å². The van der Waals surface area contributed by atoms with Gasteiger partial charge in [-0.1, -0.05) is 18.9 Å². The minimum Gasteiger partial charge on any atom is -0.382 e. The molecule has 14 heavy (non-hydrogen) atoms. The summed E-state index contributed by atoms with van der Waals surface area (Å²) in [6, 6.07) is 3.99. The van der Waals surface area contributed by atoms with Crippen LogP contribution in [0, 0.1) is 0 Å². The van der Waals surface area contributed by atoms with E-state index < -0.39 is 5.60 Å². The van der Waals surface area contributed by atoms with E-state index >= 15 is 0 Å². The molecule has 0 saturated heterocycles. The zero-order valence-electron chi connectivity index (χ0n) is 8.40. The molecule has 2 nitrogen and oxygen atoms in total. The SMILES string of the molecule is COC1CCCCC1(O)c1cccs1. The average molecular weight is 212 g/mol. The third-order valence-electron chi connectivity index (χ3n) is 3.04. The lowest BCUT2D eigenvalue weighted by molar-refractivity contribution is -0.120. The Bertz CT molecular complexity index is 283. The molecule has 1 fully saturated rings. The van der Waals surface area contributed by atoms with Gasteiger partial charge in [0.15, 0.2) is 0 Å². The van der Waals surface area contributed by atoms with Crippen LogP contribution in [0.1, 0.15) is 30.6 Å². The minimum atomic E-state index is -0.735. The predicted molar refractivity (Wildman–Crippen MR) is 57.5 cm³/mol. The van der Waals surface area contributed by atoms with Crippen molar-refractivity contribution in [3.8, 4) is 0 Å². The number of thiophene rings is 1. The van der Waals surface area contributed by atoms with Gasteiger partial charge in [-0.2, -0.15) is 0 Å². The molecule has 0 spiro atoms. The van der Waals surface area contributed by atoms with Gasteiger partial charge in [0.2, 0.25) is 0 Å². The highest BCUT2D eigenvalue weighted by Gasteiger charge is 2.41. The quantitative estimate of drug-likeness (QED) is 0.816. The molecule has 1 heterocycles. The Kier molecular flexibility index (Phi) is 2.91. The summed E-state index contributed by atoms with van der Waals surface area (Å²) in [5.41, 5.74) is -0.735. The molecule has 1 aromatic rings. The number of hydrogen-bond acceptors (Lipinski definition) is 3. The standard InChI is InChI=1S/C11H16O2S/c1-13-9-5-2-3-7-11(9,12)10-6-4-8-14-10/h4,6,8-9,12H,2-3,5,7H2,1H3. The van der Waals surface area contributed by atoms with Crippen LogP contribution in [0.3, 0.4) is 0 Å². The highest BCUT2D eigenvalue weighted by atomic mass is 32.1. The lowest BCUT2D eigenvalue weighted by Gasteiger charge is -2.38. The number of rotatable bonds is 2. The fraction of sp³-hybridized carbons (Fsp3) is 0.636. The molecule has 78 valence electrons. The molecule has 0 aromatic carbocycles. The molecule has 1 saturated carbocycles. The third-order valence-corrected chi connectivity index (χ3v) is 4.08. The molecule has 1 aliphatic rings. The highest BCUT2D eigenvalue weighted by molar-refractivity contribution is 7.10. The second-order valence-electron chi connectivity index (χ2n) is 3.87. The van der Waals surface area contributed by atoms with E-state index in [2.05, 4.69) is 0 Å². The van der Waals surface area contributed by atoms with Gasteiger partial charge >= 0.3 is 0 Å². The smallest absolute Gasteiger partial charge is 0.125 e. The van der Waals surface area contributed by atoms with Crippen LogP contribution in [0.25, 0.3) is 0 Å². The number of aliphatic hydroxyl groups is 1. The molecule has 1 aromatic heterocycles. The summed E-state index contributed by atoms with van der Waals surface area (Å²) in [6.45, 7) is 0. The van der Waals surface area contributed by atoms with Crippen molar-refractivity contribution < 1.29 is 9.84 Å². The van der Waals surface area contributed by atoms with Crippen molar-refractivity contribution in [1.29, 1.82) is 0 Å². The second-order valence-corrected chi connectivity index (χ2v) is 4.82. The van der Waals surface area contributed by atoms with E-state index in [0.29, 0.717) is 0 Å². The van der Waals surface area contributed by atoms with Crippen molar-refractivity contribution >= 4 is 11.3 Å². The van der Waals surface area contributed by atoms with E-state index in [9.17, 15) is 5.11 Å².